The molecule has 118 valence electrons. The van der Waals surface area contributed by atoms with Crippen LogP contribution in [-0.2, 0) is 16.4 Å². The molecular weight excluding hydrogens is 325 g/mol. The molecule has 0 heterocycles. The lowest BCUT2D eigenvalue weighted by molar-refractivity contribution is -0.137. The van der Waals surface area contributed by atoms with E-state index in [2.05, 4.69) is 0 Å². The van der Waals surface area contributed by atoms with E-state index in [1.807, 2.05) is 4.72 Å². The molecule has 0 aliphatic rings. The van der Waals surface area contributed by atoms with Crippen LogP contribution in [0.4, 0.5) is 13.2 Å². The number of nitrogens with two attached hydrogens (primary N) is 1. The second-order valence-corrected chi connectivity index (χ2v) is 6.87. The molecule has 1 unspecified atom stereocenters. The van der Waals surface area contributed by atoms with Crippen molar-refractivity contribution in [1.82, 2.24) is 4.72 Å². The number of thiocarbonyl (C=S) groups is 1. The number of rotatable bonds is 6. The number of hydrogen-bond acceptors (Lipinski definition) is 3. The fourth-order valence-electron chi connectivity index (χ4n) is 1.71. The molecule has 9 heteroatoms. The molecule has 0 fully saturated rings. The summed E-state index contributed by atoms with van der Waals surface area (Å²) in [4.78, 5) is 0.158. The van der Waals surface area contributed by atoms with Crippen LogP contribution >= 0.6 is 12.2 Å². The van der Waals surface area contributed by atoms with E-state index in [-0.39, 0.29) is 9.88 Å². The number of alkyl halides is 3. The van der Waals surface area contributed by atoms with Gasteiger partial charge in [-0.2, -0.15) is 13.2 Å². The molecule has 0 radical (unpaired) electrons. The van der Waals surface area contributed by atoms with Crippen molar-refractivity contribution in [1.29, 1.82) is 0 Å². The Morgan fingerprint density at radius 2 is 1.86 bits per heavy atom. The van der Waals surface area contributed by atoms with Crippen LogP contribution in [0.5, 0.6) is 0 Å². The van der Waals surface area contributed by atoms with Crippen molar-refractivity contribution in [2.75, 3.05) is 0 Å². The summed E-state index contributed by atoms with van der Waals surface area (Å²) in [5, 5.41) is 0. The smallest absolute Gasteiger partial charge is 0.390 e. The highest BCUT2D eigenvalue weighted by Gasteiger charge is 2.31. The third kappa shape index (κ3) is 6.40. The van der Waals surface area contributed by atoms with Gasteiger partial charge in [0.05, 0.1) is 16.3 Å². The minimum atomic E-state index is -4.43. The third-order valence-electron chi connectivity index (χ3n) is 2.51. The van der Waals surface area contributed by atoms with Crippen molar-refractivity contribution in [3.63, 3.8) is 0 Å². The van der Waals surface area contributed by atoms with E-state index in [0.29, 0.717) is 6.42 Å². The van der Waals surface area contributed by atoms with Gasteiger partial charge in [-0.25, -0.2) is 13.1 Å². The summed E-state index contributed by atoms with van der Waals surface area (Å²) in [7, 11) is -3.99. The van der Waals surface area contributed by atoms with Crippen LogP contribution in [0.15, 0.2) is 29.2 Å². The second-order valence-electron chi connectivity index (χ2n) is 4.63. The fourth-order valence-corrected chi connectivity index (χ4v) is 3.12. The van der Waals surface area contributed by atoms with Crippen LogP contribution in [0, 0.1) is 0 Å². The largest absolute Gasteiger partial charge is 0.393 e. The van der Waals surface area contributed by atoms with Gasteiger partial charge in [-0.1, -0.05) is 24.4 Å². The van der Waals surface area contributed by atoms with E-state index < -0.39 is 28.7 Å². The summed E-state index contributed by atoms with van der Waals surface area (Å²) in [6.07, 6.45) is -5.33. The van der Waals surface area contributed by atoms with E-state index >= 15 is 0 Å². The SMILES string of the molecule is CC(CC(F)(F)F)NS(=O)(=O)c1ccc(CC(N)=S)cc1. The molecule has 0 aliphatic heterocycles. The van der Waals surface area contributed by atoms with E-state index in [0.717, 1.165) is 12.5 Å². The van der Waals surface area contributed by atoms with Crippen molar-refractivity contribution in [3.8, 4) is 0 Å². The Bertz CT molecular complexity index is 598. The van der Waals surface area contributed by atoms with Crippen molar-refractivity contribution in [2.45, 2.75) is 36.9 Å². The highest BCUT2D eigenvalue weighted by Crippen LogP contribution is 2.22. The topological polar surface area (TPSA) is 72.2 Å². The molecule has 4 nitrogen and oxygen atoms in total. The number of sulfonamides is 1. The highest BCUT2D eigenvalue weighted by molar-refractivity contribution is 7.89. The first-order valence-corrected chi connectivity index (χ1v) is 7.85. The lowest BCUT2D eigenvalue weighted by Crippen LogP contribution is -2.35. The zero-order valence-corrected chi connectivity index (χ0v) is 12.8. The Morgan fingerprint density at radius 1 is 1.33 bits per heavy atom. The van der Waals surface area contributed by atoms with Gasteiger partial charge in [0.1, 0.15) is 0 Å². The number of benzene rings is 1. The maximum atomic E-state index is 12.2. The quantitative estimate of drug-likeness (QED) is 0.778. The van der Waals surface area contributed by atoms with Gasteiger partial charge in [0.25, 0.3) is 0 Å². The van der Waals surface area contributed by atoms with Gasteiger partial charge >= 0.3 is 6.18 Å². The first kappa shape index (κ1) is 17.9. The van der Waals surface area contributed by atoms with Gasteiger partial charge in [0.15, 0.2) is 0 Å². The summed E-state index contributed by atoms with van der Waals surface area (Å²) >= 11 is 4.73. The zero-order chi connectivity index (χ0) is 16.3. The standard InChI is InChI=1S/C12H15F3N2O2S2/c1-8(7-12(13,14)15)17-21(18,19)10-4-2-9(3-5-10)6-11(16)20/h2-5,8,17H,6-7H2,1H3,(H2,16,20). The molecule has 3 N–H and O–H groups in total. The summed E-state index contributed by atoms with van der Waals surface area (Å²) in [5.74, 6) is 0. The average molecular weight is 340 g/mol. The fraction of sp³-hybridized carbons (Fsp3) is 0.417. The first-order valence-electron chi connectivity index (χ1n) is 5.96. The molecule has 0 spiro atoms. The molecule has 1 atom stereocenters. The number of halogens is 3. The maximum absolute atomic E-state index is 12.2. The molecule has 0 saturated heterocycles. The number of nitrogens with one attached hydrogen (secondary N) is 1. The normalized spacial score (nSPS) is 13.9. The molecule has 0 saturated carbocycles. The molecule has 1 rings (SSSR count). The predicted octanol–water partition coefficient (Wildman–Crippen LogP) is 2.13. The highest BCUT2D eigenvalue weighted by atomic mass is 32.2. The minimum Gasteiger partial charge on any atom is -0.393 e. The molecule has 0 aromatic heterocycles. The van der Waals surface area contributed by atoms with Crippen molar-refractivity contribution < 1.29 is 21.6 Å². The Morgan fingerprint density at radius 3 is 2.29 bits per heavy atom. The minimum absolute atomic E-state index is 0.108. The van der Waals surface area contributed by atoms with Gasteiger partial charge < -0.3 is 5.73 Å². The molecule has 0 bridgehead atoms. The Labute approximate surface area is 126 Å². The van der Waals surface area contributed by atoms with Crippen LogP contribution in [0.1, 0.15) is 18.9 Å². The second kappa shape index (κ2) is 6.71. The van der Waals surface area contributed by atoms with Crippen LogP contribution in [-0.4, -0.2) is 25.6 Å². The zero-order valence-electron chi connectivity index (χ0n) is 11.1. The average Bonchev–Trinajstić information content (AvgIpc) is 2.24. The summed E-state index contributed by atoms with van der Waals surface area (Å²) in [6.45, 7) is 1.16. The third-order valence-corrected chi connectivity index (χ3v) is 4.26. The van der Waals surface area contributed by atoms with Gasteiger partial charge in [-0.05, 0) is 24.6 Å². The molecule has 1 aromatic rings. The van der Waals surface area contributed by atoms with Gasteiger partial charge in [-0.15, -0.1) is 0 Å². The van der Waals surface area contributed by atoms with Crippen molar-refractivity contribution >= 4 is 27.2 Å². The Hall–Kier alpha value is -1.19. The van der Waals surface area contributed by atoms with Crippen molar-refractivity contribution in [3.05, 3.63) is 29.8 Å². The van der Waals surface area contributed by atoms with E-state index in [9.17, 15) is 21.6 Å². The predicted molar refractivity (Wildman–Crippen MR) is 77.4 cm³/mol. The molecule has 21 heavy (non-hydrogen) atoms. The first-order chi connectivity index (χ1) is 9.49. The molecular formula is C12H15F3N2O2S2. The summed E-state index contributed by atoms with van der Waals surface area (Å²) < 4.78 is 62.5. The van der Waals surface area contributed by atoms with Gasteiger partial charge in [-0.3, -0.25) is 0 Å². The van der Waals surface area contributed by atoms with Crippen molar-refractivity contribution in [2.24, 2.45) is 5.73 Å². The number of hydrogen-bond donors (Lipinski definition) is 2. The van der Waals surface area contributed by atoms with E-state index in [4.69, 9.17) is 18.0 Å². The molecule has 0 aliphatic carbocycles. The van der Waals surface area contributed by atoms with Crippen LogP contribution in [0.3, 0.4) is 0 Å². The monoisotopic (exact) mass is 340 g/mol. The Kier molecular flexibility index (Phi) is 5.71. The maximum Gasteiger partial charge on any atom is 0.390 e. The Balaban J connectivity index is 2.81. The van der Waals surface area contributed by atoms with Gasteiger partial charge in [0.2, 0.25) is 10.0 Å². The lowest BCUT2D eigenvalue weighted by Gasteiger charge is -2.16. The van der Waals surface area contributed by atoms with Crippen LogP contribution in [0.25, 0.3) is 0 Å². The lowest BCUT2D eigenvalue weighted by atomic mass is 10.1. The van der Waals surface area contributed by atoms with Crippen LogP contribution in [0.2, 0.25) is 0 Å². The van der Waals surface area contributed by atoms with E-state index in [1.165, 1.54) is 24.3 Å². The van der Waals surface area contributed by atoms with Gasteiger partial charge in [0, 0.05) is 12.5 Å². The summed E-state index contributed by atoms with van der Waals surface area (Å²) in [5.41, 5.74) is 6.09. The molecule has 1 aromatic carbocycles. The van der Waals surface area contributed by atoms with E-state index in [1.54, 1.807) is 0 Å². The molecule has 0 amide bonds. The van der Waals surface area contributed by atoms with Crippen LogP contribution < -0.4 is 10.5 Å². The summed E-state index contributed by atoms with van der Waals surface area (Å²) in [6, 6.07) is 4.39.